The van der Waals surface area contributed by atoms with Crippen molar-refractivity contribution >= 4 is 17.4 Å². The molecule has 0 radical (unpaired) electrons. The number of benzene rings is 1. The Bertz CT molecular complexity index is 379. The largest absolute Gasteiger partial charge is 0.383 e. The van der Waals surface area contributed by atoms with Crippen molar-refractivity contribution in [2.45, 2.75) is 49.7 Å². The second kappa shape index (κ2) is 4.33. The Hall–Kier alpha value is -0.630. The molecule has 1 heterocycles. The van der Waals surface area contributed by atoms with Gasteiger partial charge in [0.25, 0.3) is 0 Å². The predicted molar refractivity (Wildman–Crippen MR) is 73.6 cm³/mol. The molecule has 88 valence electrons. The Kier molecular flexibility index (Phi) is 3.20. The summed E-state index contributed by atoms with van der Waals surface area (Å²) in [6, 6.07) is 6.68. The van der Waals surface area contributed by atoms with Crippen molar-refractivity contribution in [3.63, 3.8) is 0 Å². The summed E-state index contributed by atoms with van der Waals surface area (Å²) in [6.45, 7) is 10.2. The van der Waals surface area contributed by atoms with Crippen molar-refractivity contribution < 1.29 is 0 Å². The van der Waals surface area contributed by atoms with Gasteiger partial charge in [-0.2, -0.15) is 0 Å². The van der Waals surface area contributed by atoms with Crippen LogP contribution in [0, 0.1) is 0 Å². The van der Waals surface area contributed by atoms with Crippen LogP contribution < -0.4 is 5.32 Å². The number of para-hydroxylation sites is 1. The molecule has 1 aromatic carbocycles. The maximum atomic E-state index is 3.62. The quantitative estimate of drug-likeness (QED) is 0.779. The molecular formula is C14H21NS. The number of hydrogen-bond acceptors (Lipinski definition) is 2. The monoisotopic (exact) mass is 235 g/mol. The molecule has 0 saturated carbocycles. The topological polar surface area (TPSA) is 12.0 Å². The third-order valence-electron chi connectivity index (χ3n) is 3.09. The normalized spacial score (nSPS) is 20.1. The Morgan fingerprint density at radius 2 is 2.12 bits per heavy atom. The molecule has 0 bridgehead atoms. The van der Waals surface area contributed by atoms with Crippen LogP contribution in [0.15, 0.2) is 23.1 Å². The van der Waals surface area contributed by atoms with Crippen molar-refractivity contribution in [2.24, 2.45) is 0 Å². The molecule has 1 N–H and O–H groups in total. The summed E-state index contributed by atoms with van der Waals surface area (Å²) >= 11 is 2.02. The highest BCUT2D eigenvalue weighted by atomic mass is 32.2. The van der Waals surface area contributed by atoms with E-state index in [1.54, 1.807) is 0 Å². The number of fused-ring (bicyclic) bond motifs is 1. The Labute approximate surface area is 103 Å². The standard InChI is InChI=1S/C14H21NS/c1-5-10-9-15-13-11(14(2,3)4)7-6-8-12(13)16-10/h6-8,10,15H,5,9H2,1-4H3. The third-order valence-corrected chi connectivity index (χ3v) is 4.52. The van der Waals surface area contributed by atoms with Gasteiger partial charge in [0, 0.05) is 16.7 Å². The first kappa shape index (κ1) is 11.8. The van der Waals surface area contributed by atoms with Gasteiger partial charge >= 0.3 is 0 Å². The van der Waals surface area contributed by atoms with E-state index in [0.717, 1.165) is 11.8 Å². The number of rotatable bonds is 1. The fourth-order valence-corrected chi connectivity index (χ4v) is 3.25. The lowest BCUT2D eigenvalue weighted by molar-refractivity contribution is 0.589. The molecule has 0 saturated heterocycles. The van der Waals surface area contributed by atoms with Gasteiger partial charge in [0.15, 0.2) is 0 Å². The van der Waals surface area contributed by atoms with Gasteiger partial charge in [0.05, 0.1) is 5.69 Å². The van der Waals surface area contributed by atoms with E-state index in [-0.39, 0.29) is 5.41 Å². The van der Waals surface area contributed by atoms with Gasteiger partial charge in [-0.1, -0.05) is 39.8 Å². The molecule has 1 aromatic rings. The minimum atomic E-state index is 0.220. The molecule has 0 amide bonds. The van der Waals surface area contributed by atoms with Crippen LogP contribution in [0.2, 0.25) is 0 Å². The molecule has 1 atom stereocenters. The van der Waals surface area contributed by atoms with E-state index in [1.165, 1.54) is 22.6 Å². The third kappa shape index (κ3) is 2.22. The molecule has 1 nitrogen and oxygen atoms in total. The van der Waals surface area contributed by atoms with Crippen molar-refractivity contribution in [2.75, 3.05) is 11.9 Å². The molecule has 1 aliphatic heterocycles. The van der Waals surface area contributed by atoms with Crippen molar-refractivity contribution in [1.82, 2.24) is 0 Å². The van der Waals surface area contributed by atoms with Gasteiger partial charge in [-0.3, -0.25) is 0 Å². The zero-order chi connectivity index (χ0) is 11.8. The molecule has 0 fully saturated rings. The van der Waals surface area contributed by atoms with Gasteiger partial charge in [-0.05, 0) is 23.5 Å². The maximum Gasteiger partial charge on any atom is 0.0516 e. The van der Waals surface area contributed by atoms with Crippen LogP contribution in [0.1, 0.15) is 39.7 Å². The van der Waals surface area contributed by atoms with E-state index in [4.69, 9.17) is 0 Å². The molecule has 0 aromatic heterocycles. The lowest BCUT2D eigenvalue weighted by Gasteiger charge is -2.31. The summed E-state index contributed by atoms with van der Waals surface area (Å²) in [4.78, 5) is 1.42. The van der Waals surface area contributed by atoms with E-state index in [2.05, 4.69) is 51.2 Å². The summed E-state index contributed by atoms with van der Waals surface area (Å²) in [6.07, 6.45) is 1.23. The Balaban J connectivity index is 2.39. The van der Waals surface area contributed by atoms with Crippen molar-refractivity contribution in [3.8, 4) is 0 Å². The maximum absolute atomic E-state index is 3.62. The highest BCUT2D eigenvalue weighted by molar-refractivity contribution is 8.00. The molecular weight excluding hydrogens is 214 g/mol. The van der Waals surface area contributed by atoms with Gasteiger partial charge in [0.2, 0.25) is 0 Å². The SMILES string of the molecule is CCC1CNc2c(cccc2C(C)(C)C)S1. The molecule has 0 aliphatic carbocycles. The highest BCUT2D eigenvalue weighted by Crippen LogP contribution is 2.41. The lowest BCUT2D eigenvalue weighted by atomic mass is 9.85. The summed E-state index contributed by atoms with van der Waals surface area (Å²) in [5.41, 5.74) is 3.02. The zero-order valence-electron chi connectivity index (χ0n) is 10.6. The molecule has 1 unspecified atom stereocenters. The average molecular weight is 235 g/mol. The van der Waals surface area contributed by atoms with Gasteiger partial charge in [-0.15, -0.1) is 11.8 Å². The fraction of sp³-hybridized carbons (Fsp3) is 0.571. The van der Waals surface area contributed by atoms with E-state index < -0.39 is 0 Å². The Morgan fingerprint density at radius 1 is 1.38 bits per heavy atom. The van der Waals surface area contributed by atoms with Crippen molar-refractivity contribution in [1.29, 1.82) is 0 Å². The summed E-state index contributed by atoms with van der Waals surface area (Å²) in [7, 11) is 0. The van der Waals surface area contributed by atoms with Crippen LogP contribution in [-0.2, 0) is 5.41 Å². The second-order valence-electron chi connectivity index (χ2n) is 5.46. The summed E-state index contributed by atoms with van der Waals surface area (Å²) < 4.78 is 0. The first-order chi connectivity index (χ1) is 7.52. The first-order valence-electron chi connectivity index (χ1n) is 6.06. The van der Waals surface area contributed by atoms with Gasteiger partial charge < -0.3 is 5.32 Å². The molecule has 1 aliphatic rings. The fourth-order valence-electron chi connectivity index (χ4n) is 2.10. The summed E-state index contributed by atoms with van der Waals surface area (Å²) in [5, 5.41) is 4.34. The Morgan fingerprint density at radius 3 is 2.75 bits per heavy atom. The van der Waals surface area contributed by atoms with Crippen LogP contribution in [0.5, 0.6) is 0 Å². The number of nitrogens with one attached hydrogen (secondary N) is 1. The number of thioether (sulfide) groups is 1. The zero-order valence-corrected chi connectivity index (χ0v) is 11.4. The van der Waals surface area contributed by atoms with Crippen LogP contribution in [0.3, 0.4) is 0 Å². The molecule has 2 heteroatoms. The van der Waals surface area contributed by atoms with E-state index >= 15 is 0 Å². The number of hydrogen-bond donors (Lipinski definition) is 1. The second-order valence-corrected chi connectivity index (χ2v) is 6.80. The highest BCUT2D eigenvalue weighted by Gasteiger charge is 2.24. The van der Waals surface area contributed by atoms with Crippen LogP contribution >= 0.6 is 11.8 Å². The van der Waals surface area contributed by atoms with E-state index in [1.807, 2.05) is 11.8 Å². The van der Waals surface area contributed by atoms with Crippen molar-refractivity contribution in [3.05, 3.63) is 23.8 Å². The van der Waals surface area contributed by atoms with Crippen LogP contribution in [0.4, 0.5) is 5.69 Å². The average Bonchev–Trinajstić information content (AvgIpc) is 2.26. The number of anilines is 1. The minimum Gasteiger partial charge on any atom is -0.383 e. The van der Waals surface area contributed by atoms with E-state index in [9.17, 15) is 0 Å². The lowest BCUT2D eigenvalue weighted by Crippen LogP contribution is -2.24. The molecule has 2 rings (SSSR count). The van der Waals surface area contributed by atoms with Gasteiger partial charge in [-0.25, -0.2) is 0 Å². The van der Waals surface area contributed by atoms with Crippen LogP contribution in [0.25, 0.3) is 0 Å². The van der Waals surface area contributed by atoms with Gasteiger partial charge in [0.1, 0.15) is 0 Å². The van der Waals surface area contributed by atoms with Crippen LogP contribution in [-0.4, -0.2) is 11.8 Å². The first-order valence-corrected chi connectivity index (χ1v) is 6.94. The predicted octanol–water partition coefficient (Wildman–Crippen LogP) is 4.28. The smallest absolute Gasteiger partial charge is 0.0516 e. The minimum absolute atomic E-state index is 0.220. The molecule has 0 spiro atoms. The molecule has 16 heavy (non-hydrogen) atoms. The van der Waals surface area contributed by atoms with E-state index in [0.29, 0.717) is 0 Å². The summed E-state index contributed by atoms with van der Waals surface area (Å²) in [5.74, 6) is 0.